The average molecular weight is 430 g/mol. The van der Waals surface area contributed by atoms with Crippen molar-refractivity contribution in [1.82, 2.24) is 25.9 Å². The topological polar surface area (TPSA) is 200 Å². The molecule has 0 radical (unpaired) electrons. The van der Waals surface area contributed by atoms with Gasteiger partial charge in [0, 0.05) is 24.1 Å². The quantitative estimate of drug-likeness (QED) is 0.171. The first kappa shape index (κ1) is 24.4. The summed E-state index contributed by atoms with van der Waals surface area (Å²) in [5, 5.41) is 25.7. The van der Waals surface area contributed by atoms with E-state index in [1.165, 1.54) is 26.4 Å². The standard InChI is InChI=1S/C16H26N6O6S/c1-7(13(24)21-11(5-29)16(27)28)20-15(26)12(8(2)23)22-14(25)10(17)3-9-4-18-6-19-9/h4,6-8,10-12,23,29H,3,5,17H2,1-2H3,(H,18,19)(H,20,26)(H,21,24)(H,22,25)(H,27,28). The number of aliphatic carboxylic acids is 1. The summed E-state index contributed by atoms with van der Waals surface area (Å²) in [7, 11) is 0. The van der Waals surface area contributed by atoms with E-state index in [0.29, 0.717) is 5.69 Å². The van der Waals surface area contributed by atoms with Gasteiger partial charge in [0.15, 0.2) is 0 Å². The molecule has 3 amide bonds. The van der Waals surface area contributed by atoms with Crippen LogP contribution in [-0.2, 0) is 25.6 Å². The molecule has 0 saturated heterocycles. The van der Waals surface area contributed by atoms with Gasteiger partial charge < -0.3 is 36.9 Å². The van der Waals surface area contributed by atoms with Gasteiger partial charge in [0.05, 0.1) is 18.5 Å². The number of carboxylic acids is 1. The largest absolute Gasteiger partial charge is 0.480 e. The molecular formula is C16H26N6O6S. The molecule has 0 spiro atoms. The molecule has 1 aromatic heterocycles. The van der Waals surface area contributed by atoms with Crippen molar-refractivity contribution in [1.29, 1.82) is 0 Å². The van der Waals surface area contributed by atoms with Crippen LogP contribution in [0.15, 0.2) is 12.5 Å². The zero-order valence-electron chi connectivity index (χ0n) is 16.0. The van der Waals surface area contributed by atoms with E-state index < -0.39 is 54.0 Å². The second kappa shape index (κ2) is 11.4. The molecule has 0 aliphatic carbocycles. The summed E-state index contributed by atoms with van der Waals surface area (Å²) in [5.41, 5.74) is 6.42. The summed E-state index contributed by atoms with van der Waals surface area (Å²) in [6.45, 7) is 2.62. The van der Waals surface area contributed by atoms with Crippen molar-refractivity contribution in [3.05, 3.63) is 18.2 Å². The number of amides is 3. The van der Waals surface area contributed by atoms with Gasteiger partial charge in [-0.2, -0.15) is 12.6 Å². The maximum Gasteiger partial charge on any atom is 0.327 e. The minimum absolute atomic E-state index is 0.137. The molecule has 1 rings (SSSR count). The lowest BCUT2D eigenvalue weighted by Gasteiger charge is -2.24. The molecule has 0 fully saturated rings. The molecule has 0 aliphatic heterocycles. The predicted molar refractivity (Wildman–Crippen MR) is 105 cm³/mol. The Hall–Kier alpha value is -2.64. The number of rotatable bonds is 11. The zero-order chi connectivity index (χ0) is 22.1. The van der Waals surface area contributed by atoms with E-state index in [4.69, 9.17) is 10.8 Å². The van der Waals surface area contributed by atoms with Gasteiger partial charge in [0.2, 0.25) is 17.7 Å². The van der Waals surface area contributed by atoms with Crippen LogP contribution in [0.3, 0.4) is 0 Å². The first-order valence-electron chi connectivity index (χ1n) is 8.72. The molecule has 29 heavy (non-hydrogen) atoms. The summed E-state index contributed by atoms with van der Waals surface area (Å²) in [6, 6.07) is -4.72. The van der Waals surface area contributed by atoms with E-state index in [9.17, 15) is 24.3 Å². The molecule has 1 heterocycles. The maximum atomic E-state index is 12.4. The molecule has 5 unspecified atom stereocenters. The van der Waals surface area contributed by atoms with Crippen LogP contribution in [0.2, 0.25) is 0 Å². The van der Waals surface area contributed by atoms with E-state index in [1.807, 2.05) is 0 Å². The Morgan fingerprint density at radius 3 is 2.31 bits per heavy atom. The second-order valence-electron chi connectivity index (χ2n) is 6.43. The fourth-order valence-electron chi connectivity index (χ4n) is 2.24. The van der Waals surface area contributed by atoms with Gasteiger partial charge >= 0.3 is 5.97 Å². The Morgan fingerprint density at radius 1 is 1.17 bits per heavy atom. The number of nitrogens with one attached hydrogen (secondary N) is 4. The summed E-state index contributed by atoms with van der Waals surface area (Å²) >= 11 is 3.83. The number of aliphatic hydroxyl groups is 1. The van der Waals surface area contributed by atoms with E-state index in [1.54, 1.807) is 0 Å². The third-order valence-corrected chi connectivity index (χ3v) is 4.31. The summed E-state index contributed by atoms with van der Waals surface area (Å²) in [6.07, 6.45) is 1.79. The van der Waals surface area contributed by atoms with E-state index in [0.717, 1.165) is 0 Å². The van der Waals surface area contributed by atoms with Crippen LogP contribution < -0.4 is 21.7 Å². The third-order valence-electron chi connectivity index (χ3n) is 3.94. The molecule has 13 heteroatoms. The number of aromatic nitrogens is 2. The van der Waals surface area contributed by atoms with E-state index in [-0.39, 0.29) is 12.2 Å². The number of carbonyl (C=O) groups is 4. The van der Waals surface area contributed by atoms with Crippen LogP contribution >= 0.6 is 12.6 Å². The number of aliphatic hydroxyl groups excluding tert-OH is 1. The highest BCUT2D eigenvalue weighted by Crippen LogP contribution is 2.00. The molecule has 0 saturated carbocycles. The van der Waals surface area contributed by atoms with Gasteiger partial charge in [-0.3, -0.25) is 14.4 Å². The molecule has 12 nitrogen and oxygen atoms in total. The van der Waals surface area contributed by atoms with Gasteiger partial charge in [-0.25, -0.2) is 9.78 Å². The van der Waals surface area contributed by atoms with Crippen molar-refractivity contribution in [2.75, 3.05) is 5.75 Å². The summed E-state index contributed by atoms with van der Waals surface area (Å²) in [5.74, 6) is -3.68. The number of nitrogens with two attached hydrogens (primary N) is 1. The van der Waals surface area contributed by atoms with Crippen molar-refractivity contribution in [2.24, 2.45) is 5.73 Å². The fourth-order valence-corrected chi connectivity index (χ4v) is 2.49. The van der Waals surface area contributed by atoms with E-state index in [2.05, 4.69) is 38.5 Å². The van der Waals surface area contributed by atoms with Crippen molar-refractivity contribution in [3.63, 3.8) is 0 Å². The SMILES string of the molecule is CC(NC(=O)C(NC(=O)C(N)Cc1cnc[nH]1)C(C)O)C(=O)NC(CS)C(=O)O. The van der Waals surface area contributed by atoms with Gasteiger partial charge in [0.25, 0.3) is 0 Å². The fraction of sp³-hybridized carbons (Fsp3) is 0.562. The molecule has 5 atom stereocenters. The van der Waals surface area contributed by atoms with Crippen LogP contribution in [0.25, 0.3) is 0 Å². The van der Waals surface area contributed by atoms with Gasteiger partial charge in [-0.05, 0) is 13.8 Å². The van der Waals surface area contributed by atoms with Gasteiger partial charge in [0.1, 0.15) is 18.1 Å². The molecule has 162 valence electrons. The Balaban J connectivity index is 2.67. The summed E-state index contributed by atoms with van der Waals surface area (Å²) in [4.78, 5) is 54.3. The number of hydrogen-bond acceptors (Lipinski definition) is 8. The van der Waals surface area contributed by atoms with Gasteiger partial charge in [-0.1, -0.05) is 0 Å². The zero-order valence-corrected chi connectivity index (χ0v) is 16.8. The minimum Gasteiger partial charge on any atom is -0.480 e. The number of aromatic amines is 1. The van der Waals surface area contributed by atoms with Gasteiger partial charge in [-0.15, -0.1) is 0 Å². The van der Waals surface area contributed by atoms with Crippen molar-refractivity contribution in [3.8, 4) is 0 Å². The number of imidazole rings is 1. The first-order chi connectivity index (χ1) is 13.6. The second-order valence-corrected chi connectivity index (χ2v) is 6.79. The molecule has 0 bridgehead atoms. The number of H-pyrrole nitrogens is 1. The summed E-state index contributed by atoms with van der Waals surface area (Å²) < 4.78 is 0. The van der Waals surface area contributed by atoms with Crippen molar-refractivity contribution in [2.45, 2.75) is 50.5 Å². The lowest BCUT2D eigenvalue weighted by molar-refractivity contribution is -0.141. The highest BCUT2D eigenvalue weighted by molar-refractivity contribution is 7.80. The number of hydrogen-bond donors (Lipinski definition) is 8. The molecular weight excluding hydrogens is 404 g/mol. The highest BCUT2D eigenvalue weighted by atomic mass is 32.1. The predicted octanol–water partition coefficient (Wildman–Crippen LogP) is -2.85. The average Bonchev–Trinajstić information content (AvgIpc) is 3.15. The monoisotopic (exact) mass is 430 g/mol. The highest BCUT2D eigenvalue weighted by Gasteiger charge is 2.30. The van der Waals surface area contributed by atoms with Crippen molar-refractivity contribution >= 4 is 36.3 Å². The molecule has 8 N–H and O–H groups in total. The van der Waals surface area contributed by atoms with Crippen molar-refractivity contribution < 1.29 is 29.4 Å². The lowest BCUT2D eigenvalue weighted by Crippen LogP contribution is -2.59. The lowest BCUT2D eigenvalue weighted by atomic mass is 10.1. The number of carboxylic acid groups (broad SMARTS) is 1. The Labute approximate surface area is 172 Å². The molecule has 1 aromatic rings. The normalized spacial score (nSPS) is 16.0. The van der Waals surface area contributed by atoms with Crippen LogP contribution in [0.5, 0.6) is 0 Å². The number of nitrogens with zero attached hydrogens (tertiary/aromatic N) is 1. The number of carbonyl (C=O) groups excluding carboxylic acids is 3. The smallest absolute Gasteiger partial charge is 0.327 e. The Kier molecular flexibility index (Phi) is 9.58. The van der Waals surface area contributed by atoms with Crippen LogP contribution in [-0.4, -0.2) is 79.9 Å². The molecule has 0 aliphatic rings. The third kappa shape index (κ3) is 7.71. The van der Waals surface area contributed by atoms with E-state index >= 15 is 0 Å². The minimum atomic E-state index is -1.37. The first-order valence-corrected chi connectivity index (χ1v) is 9.35. The Bertz CT molecular complexity index is 713. The maximum absolute atomic E-state index is 12.4. The Morgan fingerprint density at radius 2 is 1.83 bits per heavy atom. The number of thiol groups is 1. The van der Waals surface area contributed by atoms with Crippen LogP contribution in [0.4, 0.5) is 0 Å². The van der Waals surface area contributed by atoms with Crippen LogP contribution in [0, 0.1) is 0 Å². The molecule has 0 aromatic carbocycles. The van der Waals surface area contributed by atoms with Crippen LogP contribution in [0.1, 0.15) is 19.5 Å².